The van der Waals surface area contributed by atoms with Gasteiger partial charge in [0.05, 0.1) is 0 Å². The predicted octanol–water partition coefficient (Wildman–Crippen LogP) is 2.94. The molecule has 0 saturated carbocycles. The average Bonchev–Trinajstić information content (AvgIpc) is 2.36. The van der Waals surface area contributed by atoms with E-state index < -0.39 is 0 Å². The number of halogens is 1. The maximum absolute atomic E-state index is 5.81. The van der Waals surface area contributed by atoms with Crippen molar-refractivity contribution in [1.29, 1.82) is 0 Å². The van der Waals surface area contributed by atoms with Crippen LogP contribution in [0.5, 0.6) is 5.75 Å². The van der Waals surface area contributed by atoms with Crippen molar-refractivity contribution in [2.24, 2.45) is 5.92 Å². The van der Waals surface area contributed by atoms with Crippen LogP contribution in [-0.2, 0) is 0 Å². The zero-order valence-electron chi connectivity index (χ0n) is 12.1. The van der Waals surface area contributed by atoms with Gasteiger partial charge in [0.1, 0.15) is 12.4 Å². The van der Waals surface area contributed by atoms with Gasteiger partial charge in [0.25, 0.3) is 0 Å². The Bertz CT molecular complexity index is 341. The fourth-order valence-electron chi connectivity index (χ4n) is 1.67. The Balaban J connectivity index is 2.05. The summed E-state index contributed by atoms with van der Waals surface area (Å²) in [5.74, 6) is 1.55. The molecule has 0 radical (unpaired) electrons. The minimum absolute atomic E-state index is 0.451. The van der Waals surface area contributed by atoms with Gasteiger partial charge in [0, 0.05) is 24.2 Å². The third-order valence-corrected chi connectivity index (χ3v) is 2.93. The Kier molecular flexibility index (Phi) is 7.87. The molecular weight excluding hydrogens is 260 g/mol. The number of nitrogens with one attached hydrogen (secondary N) is 2. The monoisotopic (exact) mass is 284 g/mol. The second-order valence-corrected chi connectivity index (χ2v) is 5.65. The molecule has 1 atom stereocenters. The third-order valence-electron chi connectivity index (χ3n) is 2.68. The standard InChI is InChI=1S/C15H25ClN2O/c1-12(2)10-17-11-13(3)18-8-9-19-15-6-4-14(16)5-7-15/h4-7,12-13,17-18H,8-11H2,1-3H3. The Morgan fingerprint density at radius 2 is 1.79 bits per heavy atom. The molecule has 0 heterocycles. The van der Waals surface area contributed by atoms with Crippen LogP contribution in [0.25, 0.3) is 0 Å². The fraction of sp³-hybridized carbons (Fsp3) is 0.600. The van der Waals surface area contributed by atoms with Gasteiger partial charge >= 0.3 is 0 Å². The fourth-order valence-corrected chi connectivity index (χ4v) is 1.79. The van der Waals surface area contributed by atoms with Gasteiger partial charge in [-0.3, -0.25) is 0 Å². The number of hydrogen-bond acceptors (Lipinski definition) is 3. The molecule has 0 aliphatic heterocycles. The molecule has 0 aliphatic carbocycles. The van der Waals surface area contributed by atoms with Crippen molar-refractivity contribution in [3.05, 3.63) is 29.3 Å². The van der Waals surface area contributed by atoms with Crippen molar-refractivity contribution in [2.45, 2.75) is 26.8 Å². The molecule has 0 spiro atoms. The van der Waals surface area contributed by atoms with Crippen molar-refractivity contribution < 1.29 is 4.74 Å². The highest BCUT2D eigenvalue weighted by molar-refractivity contribution is 6.30. The number of hydrogen-bond donors (Lipinski definition) is 2. The first kappa shape index (κ1) is 16.3. The second kappa shape index (κ2) is 9.18. The van der Waals surface area contributed by atoms with E-state index in [1.54, 1.807) is 0 Å². The van der Waals surface area contributed by atoms with E-state index >= 15 is 0 Å². The molecule has 0 aliphatic rings. The highest BCUT2D eigenvalue weighted by Gasteiger charge is 2.01. The first-order chi connectivity index (χ1) is 9.08. The molecule has 1 unspecified atom stereocenters. The Labute approximate surface area is 121 Å². The van der Waals surface area contributed by atoms with Gasteiger partial charge < -0.3 is 15.4 Å². The summed E-state index contributed by atoms with van der Waals surface area (Å²) in [5, 5.41) is 7.59. The predicted molar refractivity (Wildman–Crippen MR) is 82.1 cm³/mol. The molecule has 108 valence electrons. The van der Waals surface area contributed by atoms with Crippen LogP contribution >= 0.6 is 11.6 Å². The van der Waals surface area contributed by atoms with Crippen LogP contribution in [0.2, 0.25) is 5.02 Å². The largest absolute Gasteiger partial charge is 0.492 e. The summed E-state index contributed by atoms with van der Waals surface area (Å²) in [7, 11) is 0. The van der Waals surface area contributed by atoms with Crippen LogP contribution in [0, 0.1) is 5.92 Å². The van der Waals surface area contributed by atoms with E-state index in [2.05, 4.69) is 31.4 Å². The van der Waals surface area contributed by atoms with Crippen LogP contribution in [0.4, 0.5) is 0 Å². The third kappa shape index (κ3) is 8.09. The first-order valence-electron chi connectivity index (χ1n) is 6.90. The molecule has 0 aromatic heterocycles. The Hall–Kier alpha value is -0.770. The molecule has 0 amide bonds. The topological polar surface area (TPSA) is 33.3 Å². The lowest BCUT2D eigenvalue weighted by Crippen LogP contribution is -2.39. The maximum atomic E-state index is 5.81. The van der Waals surface area contributed by atoms with Crippen molar-refractivity contribution in [3.8, 4) is 5.75 Å². The molecule has 0 fully saturated rings. The Morgan fingerprint density at radius 1 is 1.11 bits per heavy atom. The molecular formula is C15H25ClN2O. The highest BCUT2D eigenvalue weighted by Crippen LogP contribution is 2.15. The van der Waals surface area contributed by atoms with Gasteiger partial charge in [-0.25, -0.2) is 0 Å². The number of ether oxygens (including phenoxy) is 1. The highest BCUT2D eigenvalue weighted by atomic mass is 35.5. The van der Waals surface area contributed by atoms with Crippen molar-refractivity contribution in [2.75, 3.05) is 26.2 Å². The summed E-state index contributed by atoms with van der Waals surface area (Å²) < 4.78 is 5.61. The van der Waals surface area contributed by atoms with Crippen molar-refractivity contribution in [3.63, 3.8) is 0 Å². The second-order valence-electron chi connectivity index (χ2n) is 5.21. The van der Waals surface area contributed by atoms with Gasteiger partial charge in [-0.2, -0.15) is 0 Å². The van der Waals surface area contributed by atoms with E-state index in [1.807, 2.05) is 24.3 Å². The number of benzene rings is 1. The lowest BCUT2D eigenvalue weighted by atomic mass is 10.2. The first-order valence-corrected chi connectivity index (χ1v) is 7.28. The van der Waals surface area contributed by atoms with Crippen LogP contribution in [0.3, 0.4) is 0 Å². The smallest absolute Gasteiger partial charge is 0.119 e. The summed E-state index contributed by atoms with van der Waals surface area (Å²) in [6, 6.07) is 7.89. The SMILES string of the molecule is CC(C)CNCC(C)NCCOc1ccc(Cl)cc1. The normalized spacial score (nSPS) is 12.7. The summed E-state index contributed by atoms with van der Waals surface area (Å²) in [6.07, 6.45) is 0. The van der Waals surface area contributed by atoms with Crippen LogP contribution in [0.1, 0.15) is 20.8 Å². The van der Waals surface area contributed by atoms with Crippen LogP contribution in [-0.4, -0.2) is 32.3 Å². The van der Waals surface area contributed by atoms with Gasteiger partial charge in [0.15, 0.2) is 0 Å². The molecule has 2 N–H and O–H groups in total. The number of rotatable bonds is 9. The average molecular weight is 285 g/mol. The van der Waals surface area contributed by atoms with E-state index in [9.17, 15) is 0 Å². The van der Waals surface area contributed by atoms with Crippen molar-refractivity contribution >= 4 is 11.6 Å². The van der Waals surface area contributed by atoms with E-state index in [4.69, 9.17) is 16.3 Å². The minimum atomic E-state index is 0.451. The van der Waals surface area contributed by atoms with E-state index in [0.29, 0.717) is 18.6 Å². The van der Waals surface area contributed by atoms with Crippen LogP contribution < -0.4 is 15.4 Å². The maximum Gasteiger partial charge on any atom is 0.119 e. The zero-order chi connectivity index (χ0) is 14.1. The molecule has 1 rings (SSSR count). The summed E-state index contributed by atoms with van der Waals surface area (Å²) in [4.78, 5) is 0. The molecule has 3 nitrogen and oxygen atoms in total. The molecule has 0 bridgehead atoms. The Morgan fingerprint density at radius 3 is 2.42 bits per heavy atom. The minimum Gasteiger partial charge on any atom is -0.492 e. The van der Waals surface area contributed by atoms with Gasteiger partial charge in [-0.15, -0.1) is 0 Å². The quantitative estimate of drug-likeness (QED) is 0.684. The molecule has 4 heteroatoms. The van der Waals surface area contributed by atoms with Crippen molar-refractivity contribution in [1.82, 2.24) is 10.6 Å². The van der Waals surface area contributed by atoms with Crippen LogP contribution in [0.15, 0.2) is 24.3 Å². The van der Waals surface area contributed by atoms with Gasteiger partial charge in [-0.1, -0.05) is 25.4 Å². The summed E-state index contributed by atoms with van der Waals surface area (Å²) in [6.45, 7) is 10.2. The van der Waals surface area contributed by atoms with E-state index in [1.165, 1.54) is 0 Å². The molecule has 0 saturated heterocycles. The zero-order valence-corrected chi connectivity index (χ0v) is 12.8. The molecule has 1 aromatic carbocycles. The lowest BCUT2D eigenvalue weighted by molar-refractivity contribution is 0.305. The van der Waals surface area contributed by atoms with E-state index in [-0.39, 0.29) is 0 Å². The van der Waals surface area contributed by atoms with E-state index in [0.717, 1.165) is 30.4 Å². The molecule has 1 aromatic rings. The molecule has 19 heavy (non-hydrogen) atoms. The summed E-state index contributed by atoms with van der Waals surface area (Å²) >= 11 is 5.81. The van der Waals surface area contributed by atoms with Gasteiger partial charge in [-0.05, 0) is 43.7 Å². The summed E-state index contributed by atoms with van der Waals surface area (Å²) in [5.41, 5.74) is 0. The lowest BCUT2D eigenvalue weighted by Gasteiger charge is -2.16. The van der Waals surface area contributed by atoms with Gasteiger partial charge in [0.2, 0.25) is 0 Å².